The molecule has 2 rings (SSSR count). The Labute approximate surface area is 192 Å². The van der Waals surface area contributed by atoms with Crippen molar-refractivity contribution in [3.8, 4) is 0 Å². The zero-order valence-corrected chi connectivity index (χ0v) is 22.2. The molecular weight excluding hydrogens is 380 g/mol. The van der Waals surface area contributed by atoms with Gasteiger partial charge >= 0.3 is 0 Å². The number of allylic oxidation sites excluding steroid dienone is 4. The fraction of sp³-hybridized carbons (Fsp3) is 0.724. The first-order valence-electron chi connectivity index (χ1n) is 11.9. The number of hydrogen-bond donors (Lipinski definition) is 2. The van der Waals surface area contributed by atoms with Crippen molar-refractivity contribution in [1.29, 1.82) is 0 Å². The van der Waals surface area contributed by atoms with E-state index in [1.165, 1.54) is 0 Å². The van der Waals surface area contributed by atoms with E-state index in [-0.39, 0.29) is 39.9 Å². The third-order valence-electron chi connectivity index (χ3n) is 7.12. The third-order valence-corrected chi connectivity index (χ3v) is 7.12. The van der Waals surface area contributed by atoms with Crippen molar-refractivity contribution in [1.82, 2.24) is 0 Å². The highest BCUT2D eigenvalue weighted by atomic mass is 16.3. The Morgan fingerprint density at radius 1 is 0.613 bits per heavy atom. The average molecular weight is 429 g/mol. The Morgan fingerprint density at radius 3 is 1.13 bits per heavy atom. The van der Waals surface area contributed by atoms with Gasteiger partial charge in [-0.2, -0.15) is 0 Å². The smallest absolute Gasteiger partial charge is 0.0963 e. The van der Waals surface area contributed by atoms with Gasteiger partial charge in [0.15, 0.2) is 0 Å². The van der Waals surface area contributed by atoms with Crippen LogP contribution in [0.25, 0.3) is 0 Å². The molecule has 0 saturated heterocycles. The van der Waals surface area contributed by atoms with E-state index in [1.54, 1.807) is 0 Å². The summed E-state index contributed by atoms with van der Waals surface area (Å²) in [6.45, 7) is 26.1. The third kappa shape index (κ3) is 4.96. The van der Waals surface area contributed by atoms with Crippen molar-refractivity contribution in [3.63, 3.8) is 0 Å². The first-order valence-corrected chi connectivity index (χ1v) is 11.9. The molecule has 0 unspecified atom stereocenters. The molecule has 2 nitrogen and oxygen atoms in total. The zero-order chi connectivity index (χ0) is 24.3. The molecule has 0 radical (unpaired) electrons. The van der Waals surface area contributed by atoms with Gasteiger partial charge in [-0.25, -0.2) is 0 Å². The van der Waals surface area contributed by atoms with Crippen molar-refractivity contribution in [2.24, 2.45) is 33.5 Å². The van der Waals surface area contributed by atoms with Crippen LogP contribution in [0, 0.1) is 33.5 Å². The van der Waals surface area contributed by atoms with Gasteiger partial charge < -0.3 is 10.2 Å². The Morgan fingerprint density at radius 2 is 0.903 bits per heavy atom. The molecule has 31 heavy (non-hydrogen) atoms. The number of hydrogen-bond acceptors (Lipinski definition) is 2. The highest BCUT2D eigenvalue weighted by Gasteiger charge is 2.57. The molecule has 0 fully saturated rings. The van der Waals surface area contributed by atoms with Crippen LogP contribution in [0.5, 0.6) is 0 Å². The molecular formula is C29H48O2. The molecule has 2 N–H and O–H groups in total. The lowest BCUT2D eigenvalue weighted by Gasteiger charge is -2.56. The lowest BCUT2D eigenvalue weighted by atomic mass is 9.53. The van der Waals surface area contributed by atoms with Crippen molar-refractivity contribution < 1.29 is 10.2 Å². The summed E-state index contributed by atoms with van der Waals surface area (Å²) in [7, 11) is 0. The highest BCUT2D eigenvalue weighted by molar-refractivity contribution is 5.41. The fourth-order valence-corrected chi connectivity index (χ4v) is 6.10. The lowest BCUT2D eigenvalue weighted by Crippen LogP contribution is -2.59. The summed E-state index contributed by atoms with van der Waals surface area (Å²) in [6, 6.07) is 0. The van der Waals surface area contributed by atoms with Crippen molar-refractivity contribution >= 4 is 0 Å². The van der Waals surface area contributed by atoms with Gasteiger partial charge in [0.1, 0.15) is 0 Å². The van der Waals surface area contributed by atoms with Gasteiger partial charge in [-0.1, -0.05) is 120 Å². The van der Waals surface area contributed by atoms with Gasteiger partial charge in [-0.15, -0.1) is 0 Å². The van der Waals surface area contributed by atoms with Crippen molar-refractivity contribution in [2.45, 2.75) is 101 Å². The Bertz CT molecular complexity index is 728. The van der Waals surface area contributed by atoms with Gasteiger partial charge in [0.25, 0.3) is 0 Å². The second-order valence-corrected chi connectivity index (χ2v) is 14.1. The van der Waals surface area contributed by atoms with E-state index in [0.717, 1.165) is 11.1 Å². The minimum Gasteiger partial charge on any atom is -0.385 e. The van der Waals surface area contributed by atoms with Gasteiger partial charge in [0.05, 0.1) is 11.2 Å². The Balaban J connectivity index is 2.77. The summed E-state index contributed by atoms with van der Waals surface area (Å²) in [5.74, 6) is -0.202. The SMILES string of the molecule is CC(C)(C)C1=CC=C[C@@H](C(C)(C)C)[C@@]1(O)C[C@@]1(O)C(C(C)(C)C)=CC=C[C@H]1C(C)(C)C. The molecule has 176 valence electrons. The summed E-state index contributed by atoms with van der Waals surface area (Å²) < 4.78 is 0. The van der Waals surface area contributed by atoms with Crippen LogP contribution in [0.15, 0.2) is 47.6 Å². The molecule has 0 aromatic rings. The van der Waals surface area contributed by atoms with Gasteiger partial charge in [0.2, 0.25) is 0 Å². The summed E-state index contributed by atoms with van der Waals surface area (Å²) in [5, 5.41) is 25.2. The van der Waals surface area contributed by atoms with E-state index in [1.807, 2.05) is 0 Å². The largest absolute Gasteiger partial charge is 0.385 e. The first-order chi connectivity index (χ1) is 13.6. The van der Waals surface area contributed by atoms with Crippen LogP contribution >= 0.6 is 0 Å². The van der Waals surface area contributed by atoms with Crippen LogP contribution in [0.3, 0.4) is 0 Å². The van der Waals surface area contributed by atoms with Crippen LogP contribution in [-0.2, 0) is 0 Å². The van der Waals surface area contributed by atoms with Gasteiger partial charge in [-0.05, 0) is 32.8 Å². The van der Waals surface area contributed by atoms with Crippen LogP contribution < -0.4 is 0 Å². The molecule has 0 saturated carbocycles. The maximum absolute atomic E-state index is 12.6. The standard InChI is InChI=1S/C29H48O2/c1-24(2,3)20-15-13-16-21(25(4,5)6)28(20,30)19-29(31)22(26(7,8)9)17-14-18-23(29)27(10,11)12/h13-18,20,22,30-31H,19H2,1-12H3/t20-,22-,28-,29-/m0/s1. The van der Waals surface area contributed by atoms with E-state index in [9.17, 15) is 10.2 Å². The summed E-state index contributed by atoms with van der Waals surface area (Å²) in [5.41, 5.74) is -1.03. The molecule has 0 heterocycles. The van der Waals surface area contributed by atoms with Crippen LogP contribution in [0.2, 0.25) is 0 Å². The summed E-state index contributed by atoms with van der Waals surface area (Å²) in [6.07, 6.45) is 12.9. The number of rotatable bonds is 2. The fourth-order valence-electron chi connectivity index (χ4n) is 6.10. The summed E-state index contributed by atoms with van der Waals surface area (Å²) >= 11 is 0. The van der Waals surface area contributed by atoms with Gasteiger partial charge in [0, 0.05) is 18.3 Å². The predicted octanol–water partition coefficient (Wildman–Crippen LogP) is 7.25. The molecule has 0 aromatic carbocycles. The Hall–Kier alpha value is -1.12. The van der Waals surface area contributed by atoms with E-state index < -0.39 is 11.2 Å². The molecule has 2 aliphatic rings. The molecule has 0 bridgehead atoms. The van der Waals surface area contributed by atoms with E-state index >= 15 is 0 Å². The van der Waals surface area contributed by atoms with E-state index in [0.29, 0.717) is 0 Å². The molecule has 0 spiro atoms. The number of aliphatic hydroxyl groups is 2. The molecule has 0 aromatic heterocycles. The second kappa shape index (κ2) is 7.73. The molecule has 2 heteroatoms. The maximum Gasteiger partial charge on any atom is 0.0963 e. The van der Waals surface area contributed by atoms with Crippen LogP contribution in [-0.4, -0.2) is 21.4 Å². The monoisotopic (exact) mass is 428 g/mol. The molecule has 0 aliphatic heterocycles. The topological polar surface area (TPSA) is 40.5 Å². The minimum atomic E-state index is -1.15. The van der Waals surface area contributed by atoms with Crippen LogP contribution in [0.1, 0.15) is 89.5 Å². The summed E-state index contributed by atoms with van der Waals surface area (Å²) in [4.78, 5) is 0. The molecule has 2 aliphatic carbocycles. The van der Waals surface area contributed by atoms with Crippen molar-refractivity contribution in [3.05, 3.63) is 47.6 Å². The minimum absolute atomic E-state index is 0.101. The Kier molecular flexibility index (Phi) is 6.52. The lowest BCUT2D eigenvalue weighted by molar-refractivity contribution is -0.112. The van der Waals surface area contributed by atoms with E-state index in [4.69, 9.17) is 0 Å². The zero-order valence-electron chi connectivity index (χ0n) is 22.2. The van der Waals surface area contributed by atoms with Crippen LogP contribution in [0.4, 0.5) is 0 Å². The predicted molar refractivity (Wildman–Crippen MR) is 134 cm³/mol. The van der Waals surface area contributed by atoms with Gasteiger partial charge in [-0.3, -0.25) is 0 Å². The first kappa shape index (κ1) is 26.1. The average Bonchev–Trinajstić information content (AvgIpc) is 2.49. The van der Waals surface area contributed by atoms with Crippen molar-refractivity contribution in [2.75, 3.05) is 0 Å². The second-order valence-electron chi connectivity index (χ2n) is 14.1. The molecule has 0 amide bonds. The maximum atomic E-state index is 12.6. The highest BCUT2D eigenvalue weighted by Crippen LogP contribution is 2.56. The normalized spacial score (nSPS) is 32.7. The quantitative estimate of drug-likeness (QED) is 0.486. The van der Waals surface area contributed by atoms with E-state index in [2.05, 4.69) is 120 Å². The molecule has 4 atom stereocenters.